The van der Waals surface area contributed by atoms with Crippen LogP contribution in [-0.4, -0.2) is 52.7 Å². The third-order valence-corrected chi connectivity index (χ3v) is 6.03. The van der Waals surface area contributed by atoms with Crippen molar-refractivity contribution in [1.29, 1.82) is 0 Å². The fraction of sp³-hybridized carbons (Fsp3) is 0.667. The Morgan fingerprint density at radius 1 is 1.45 bits per heavy atom. The monoisotopic (exact) mass is 319 g/mol. The predicted molar refractivity (Wildman–Crippen MR) is 79.4 cm³/mol. The van der Waals surface area contributed by atoms with Gasteiger partial charge in [-0.1, -0.05) is 0 Å². The molecule has 1 aliphatic rings. The molecule has 0 unspecified atom stereocenters. The lowest BCUT2D eigenvalue weighted by molar-refractivity contribution is 0.0390. The summed E-state index contributed by atoms with van der Waals surface area (Å²) >= 11 is 1.43. The molecule has 0 spiro atoms. The molecule has 1 aromatic heterocycles. The van der Waals surface area contributed by atoms with E-state index in [1.165, 1.54) is 11.3 Å². The van der Waals surface area contributed by atoms with Crippen LogP contribution < -0.4 is 10.5 Å². The predicted octanol–water partition coefficient (Wildman–Crippen LogP) is 0.126. The minimum atomic E-state index is -3.43. The molecular formula is C12H21N3O3S2. The van der Waals surface area contributed by atoms with E-state index in [2.05, 4.69) is 9.62 Å². The Balaban J connectivity index is 1.91. The van der Waals surface area contributed by atoms with Crippen molar-refractivity contribution in [3.63, 3.8) is 0 Å². The lowest BCUT2D eigenvalue weighted by Crippen LogP contribution is -2.41. The van der Waals surface area contributed by atoms with Gasteiger partial charge in [0.1, 0.15) is 0 Å². The second kappa shape index (κ2) is 6.97. The van der Waals surface area contributed by atoms with Crippen molar-refractivity contribution in [3.05, 3.63) is 15.8 Å². The van der Waals surface area contributed by atoms with Crippen LogP contribution in [0.5, 0.6) is 0 Å². The summed E-state index contributed by atoms with van der Waals surface area (Å²) in [6.07, 6.45) is 0. The largest absolute Gasteiger partial charge is 0.379 e. The molecule has 1 fully saturated rings. The minimum absolute atomic E-state index is 0.352. The second-order valence-electron chi connectivity index (χ2n) is 4.69. The molecule has 0 saturated carbocycles. The molecule has 2 rings (SSSR count). The zero-order valence-corrected chi connectivity index (χ0v) is 13.2. The lowest BCUT2D eigenvalue weighted by atomic mass is 10.4. The first kappa shape index (κ1) is 15.9. The standard InChI is InChI=1S/C12H21N3O3S2/c1-10-12(8-11(9-13)19-10)20(16,17)14-2-3-15-4-6-18-7-5-15/h8,14H,2-7,9,13H2,1H3. The molecule has 0 amide bonds. The number of aryl methyl sites for hydroxylation is 1. The molecule has 0 bridgehead atoms. The summed E-state index contributed by atoms with van der Waals surface area (Å²) in [7, 11) is -3.43. The fourth-order valence-electron chi connectivity index (χ4n) is 2.13. The van der Waals surface area contributed by atoms with Crippen LogP contribution in [0.2, 0.25) is 0 Å². The number of sulfonamides is 1. The zero-order valence-electron chi connectivity index (χ0n) is 11.6. The summed E-state index contributed by atoms with van der Waals surface area (Å²) in [4.78, 5) is 4.21. The van der Waals surface area contributed by atoms with Crippen molar-refractivity contribution in [2.45, 2.75) is 18.4 Å². The number of thiophene rings is 1. The van der Waals surface area contributed by atoms with Crippen LogP contribution in [0.1, 0.15) is 9.75 Å². The van der Waals surface area contributed by atoms with Crippen LogP contribution in [0.25, 0.3) is 0 Å². The van der Waals surface area contributed by atoms with Crippen LogP contribution >= 0.6 is 11.3 Å². The Kier molecular flexibility index (Phi) is 5.53. The fourth-order valence-corrected chi connectivity index (χ4v) is 4.67. The molecule has 0 radical (unpaired) electrons. The van der Waals surface area contributed by atoms with Crippen molar-refractivity contribution in [2.24, 2.45) is 5.73 Å². The Bertz CT molecular complexity index is 536. The van der Waals surface area contributed by atoms with Gasteiger partial charge < -0.3 is 10.5 Å². The van der Waals surface area contributed by atoms with Gasteiger partial charge in [0.05, 0.1) is 18.1 Å². The van der Waals surface area contributed by atoms with Gasteiger partial charge in [-0.05, 0) is 13.0 Å². The van der Waals surface area contributed by atoms with Crippen molar-refractivity contribution >= 4 is 21.4 Å². The van der Waals surface area contributed by atoms with E-state index in [0.29, 0.717) is 24.5 Å². The number of hydrogen-bond donors (Lipinski definition) is 2. The Labute approximate surface area is 124 Å². The second-order valence-corrected chi connectivity index (χ2v) is 7.77. The normalized spacial score (nSPS) is 17.5. The highest BCUT2D eigenvalue weighted by molar-refractivity contribution is 7.89. The highest BCUT2D eigenvalue weighted by atomic mass is 32.2. The zero-order chi connectivity index (χ0) is 14.6. The first-order valence-electron chi connectivity index (χ1n) is 6.62. The van der Waals surface area contributed by atoms with Crippen LogP contribution in [0.15, 0.2) is 11.0 Å². The number of rotatable bonds is 6. The highest BCUT2D eigenvalue weighted by Gasteiger charge is 2.19. The van der Waals surface area contributed by atoms with Crippen LogP contribution in [0, 0.1) is 6.92 Å². The Morgan fingerprint density at radius 3 is 2.75 bits per heavy atom. The lowest BCUT2D eigenvalue weighted by Gasteiger charge is -2.26. The maximum absolute atomic E-state index is 12.2. The summed E-state index contributed by atoms with van der Waals surface area (Å²) in [5.74, 6) is 0. The molecule has 20 heavy (non-hydrogen) atoms. The molecule has 3 N–H and O–H groups in total. The minimum Gasteiger partial charge on any atom is -0.379 e. The van der Waals surface area contributed by atoms with E-state index < -0.39 is 10.0 Å². The molecule has 0 atom stereocenters. The molecule has 0 aromatic carbocycles. The summed E-state index contributed by atoms with van der Waals surface area (Å²) < 4.78 is 32.4. The SMILES string of the molecule is Cc1sc(CN)cc1S(=O)(=O)NCCN1CCOCC1. The first-order valence-corrected chi connectivity index (χ1v) is 8.92. The van der Waals surface area contributed by atoms with Crippen LogP contribution in [0.3, 0.4) is 0 Å². The average Bonchev–Trinajstić information content (AvgIpc) is 2.82. The van der Waals surface area contributed by atoms with Gasteiger partial charge in [0.15, 0.2) is 0 Å². The molecule has 1 aliphatic heterocycles. The average molecular weight is 319 g/mol. The third-order valence-electron chi connectivity index (χ3n) is 3.24. The Hall–Kier alpha value is -0.510. The number of morpholine rings is 1. The van der Waals surface area contributed by atoms with Gasteiger partial charge in [-0.3, -0.25) is 4.90 Å². The van der Waals surface area contributed by atoms with Crippen molar-refractivity contribution in [3.8, 4) is 0 Å². The van der Waals surface area contributed by atoms with Gasteiger partial charge in [-0.25, -0.2) is 13.1 Å². The van der Waals surface area contributed by atoms with Crippen molar-refractivity contribution in [2.75, 3.05) is 39.4 Å². The van der Waals surface area contributed by atoms with Gasteiger partial charge in [0.25, 0.3) is 0 Å². The summed E-state index contributed by atoms with van der Waals surface area (Å²) in [6.45, 7) is 6.44. The van der Waals surface area contributed by atoms with E-state index in [1.54, 1.807) is 13.0 Å². The molecule has 1 saturated heterocycles. The molecule has 114 valence electrons. The van der Waals surface area contributed by atoms with Crippen LogP contribution in [0.4, 0.5) is 0 Å². The number of nitrogens with zero attached hydrogens (tertiary/aromatic N) is 1. The van der Waals surface area contributed by atoms with Crippen LogP contribution in [-0.2, 0) is 21.3 Å². The number of nitrogens with two attached hydrogens (primary N) is 1. The van der Waals surface area contributed by atoms with E-state index >= 15 is 0 Å². The van der Waals surface area contributed by atoms with E-state index in [9.17, 15) is 8.42 Å². The number of hydrogen-bond acceptors (Lipinski definition) is 6. The Morgan fingerprint density at radius 2 is 2.15 bits per heavy atom. The number of nitrogens with one attached hydrogen (secondary N) is 1. The van der Waals surface area contributed by atoms with E-state index in [-0.39, 0.29) is 0 Å². The van der Waals surface area contributed by atoms with E-state index in [4.69, 9.17) is 10.5 Å². The van der Waals surface area contributed by atoms with Gasteiger partial charge in [-0.2, -0.15) is 0 Å². The first-order chi connectivity index (χ1) is 9.53. The molecule has 0 aliphatic carbocycles. The maximum Gasteiger partial charge on any atom is 0.241 e. The molecule has 1 aromatic rings. The summed E-state index contributed by atoms with van der Waals surface area (Å²) in [5.41, 5.74) is 5.55. The summed E-state index contributed by atoms with van der Waals surface area (Å²) in [6, 6.07) is 1.66. The summed E-state index contributed by atoms with van der Waals surface area (Å²) in [5, 5.41) is 0. The molecule has 6 nitrogen and oxygen atoms in total. The quantitative estimate of drug-likeness (QED) is 0.778. The van der Waals surface area contributed by atoms with E-state index in [0.717, 1.165) is 36.1 Å². The van der Waals surface area contributed by atoms with Gasteiger partial charge in [0.2, 0.25) is 10.0 Å². The van der Waals surface area contributed by atoms with Crippen molar-refractivity contribution < 1.29 is 13.2 Å². The molecule has 2 heterocycles. The van der Waals surface area contributed by atoms with E-state index in [1.807, 2.05) is 0 Å². The number of ether oxygens (including phenoxy) is 1. The van der Waals surface area contributed by atoms with Gasteiger partial charge in [0, 0.05) is 42.5 Å². The smallest absolute Gasteiger partial charge is 0.241 e. The molecule has 8 heteroatoms. The third kappa shape index (κ3) is 4.00. The van der Waals surface area contributed by atoms with Crippen molar-refractivity contribution in [1.82, 2.24) is 9.62 Å². The topological polar surface area (TPSA) is 84.7 Å². The molecular weight excluding hydrogens is 298 g/mol. The maximum atomic E-state index is 12.2. The van der Waals surface area contributed by atoms with Gasteiger partial charge >= 0.3 is 0 Å². The van der Waals surface area contributed by atoms with Gasteiger partial charge in [-0.15, -0.1) is 11.3 Å². The highest BCUT2D eigenvalue weighted by Crippen LogP contribution is 2.25.